The van der Waals surface area contributed by atoms with Crippen LogP contribution in [0.1, 0.15) is 5.56 Å². The molecule has 11 rings (SSSR count). The molecular formula is C50H29N5. The fraction of sp³-hybridized carbons (Fsp3) is 0. The lowest BCUT2D eigenvalue weighted by atomic mass is 9.96. The van der Waals surface area contributed by atoms with Gasteiger partial charge >= 0.3 is 0 Å². The molecule has 0 unspecified atom stereocenters. The highest BCUT2D eigenvalue weighted by molar-refractivity contribution is 6.13. The highest BCUT2D eigenvalue weighted by Gasteiger charge is 2.25. The average Bonchev–Trinajstić information content (AvgIpc) is 3.89. The third-order valence-corrected chi connectivity index (χ3v) is 11.1. The van der Waals surface area contributed by atoms with E-state index in [0.717, 1.165) is 72.1 Å². The maximum atomic E-state index is 10.7. The number of fused-ring (bicyclic) bond motifs is 9. The van der Waals surface area contributed by atoms with E-state index in [2.05, 4.69) is 182 Å². The lowest BCUT2D eigenvalue weighted by Crippen LogP contribution is -2.08. The van der Waals surface area contributed by atoms with E-state index in [4.69, 9.17) is 6.57 Å². The monoisotopic (exact) mass is 699 g/mol. The smallest absolute Gasteiger partial charge is 0.188 e. The molecule has 8 aromatic carbocycles. The molecule has 0 atom stereocenters. The summed E-state index contributed by atoms with van der Waals surface area (Å²) in [5.41, 5.74) is 12.0. The highest BCUT2D eigenvalue weighted by atomic mass is 15.1. The molecule has 0 N–H and O–H groups in total. The normalized spacial score (nSPS) is 11.6. The van der Waals surface area contributed by atoms with Gasteiger partial charge < -0.3 is 13.7 Å². The minimum Gasteiger partial charge on any atom is -0.309 e. The summed E-state index contributed by atoms with van der Waals surface area (Å²) in [4.78, 5) is 3.69. The summed E-state index contributed by atoms with van der Waals surface area (Å²) in [5, 5.41) is 17.7. The van der Waals surface area contributed by atoms with Gasteiger partial charge in [0, 0.05) is 43.4 Å². The molecule has 0 radical (unpaired) electrons. The molecule has 3 aromatic heterocycles. The molecule has 55 heavy (non-hydrogen) atoms. The van der Waals surface area contributed by atoms with Gasteiger partial charge in [-0.25, -0.2) is 4.85 Å². The maximum Gasteiger partial charge on any atom is 0.188 e. The number of aromatic nitrogens is 3. The van der Waals surface area contributed by atoms with Gasteiger partial charge in [0.05, 0.1) is 62.8 Å². The van der Waals surface area contributed by atoms with Crippen molar-refractivity contribution in [2.75, 3.05) is 0 Å². The molecule has 254 valence electrons. The Morgan fingerprint density at radius 1 is 0.382 bits per heavy atom. The largest absolute Gasteiger partial charge is 0.309 e. The van der Waals surface area contributed by atoms with Crippen molar-refractivity contribution in [3.8, 4) is 34.3 Å². The van der Waals surface area contributed by atoms with Crippen molar-refractivity contribution in [1.29, 1.82) is 5.26 Å². The first kappa shape index (κ1) is 30.7. The topological polar surface area (TPSA) is 42.9 Å². The molecule has 0 aliphatic rings. The molecule has 0 spiro atoms. The van der Waals surface area contributed by atoms with Crippen molar-refractivity contribution < 1.29 is 0 Å². The van der Waals surface area contributed by atoms with Crippen molar-refractivity contribution in [3.63, 3.8) is 0 Å². The van der Waals surface area contributed by atoms with Crippen LogP contribution in [0.3, 0.4) is 0 Å². The molecule has 0 aliphatic carbocycles. The minimum absolute atomic E-state index is 0.434. The van der Waals surface area contributed by atoms with E-state index in [9.17, 15) is 5.26 Å². The molecular weight excluding hydrogens is 671 g/mol. The van der Waals surface area contributed by atoms with Gasteiger partial charge in [-0.05, 0) is 60.2 Å². The number of benzene rings is 8. The second-order valence-corrected chi connectivity index (χ2v) is 13.9. The van der Waals surface area contributed by atoms with E-state index >= 15 is 0 Å². The molecule has 11 aromatic rings. The highest BCUT2D eigenvalue weighted by Crippen LogP contribution is 2.44. The van der Waals surface area contributed by atoms with Crippen LogP contribution in [0.5, 0.6) is 0 Å². The molecule has 0 aliphatic heterocycles. The Balaban J connectivity index is 1.40. The van der Waals surface area contributed by atoms with Gasteiger partial charge in [0.2, 0.25) is 0 Å². The van der Waals surface area contributed by atoms with Crippen molar-refractivity contribution in [2.24, 2.45) is 0 Å². The summed E-state index contributed by atoms with van der Waals surface area (Å²) in [7, 11) is 0. The molecule has 0 amide bonds. The summed E-state index contributed by atoms with van der Waals surface area (Å²) < 4.78 is 7.12. The van der Waals surface area contributed by atoms with Gasteiger partial charge in [-0.2, -0.15) is 5.26 Å². The molecule has 0 saturated carbocycles. The van der Waals surface area contributed by atoms with Gasteiger partial charge in [0.1, 0.15) is 0 Å². The average molecular weight is 700 g/mol. The summed E-state index contributed by atoms with van der Waals surface area (Å²) in [5.74, 6) is 0. The van der Waals surface area contributed by atoms with Gasteiger partial charge in [-0.1, -0.05) is 121 Å². The Hall–Kier alpha value is -7.86. The predicted octanol–water partition coefficient (Wildman–Crippen LogP) is 13.1. The van der Waals surface area contributed by atoms with Crippen LogP contribution in [0.4, 0.5) is 5.69 Å². The first-order valence-electron chi connectivity index (χ1n) is 18.3. The van der Waals surface area contributed by atoms with Crippen LogP contribution >= 0.6 is 0 Å². The van der Waals surface area contributed by atoms with E-state index in [1.54, 1.807) is 6.07 Å². The van der Waals surface area contributed by atoms with E-state index in [1.165, 1.54) is 21.5 Å². The Morgan fingerprint density at radius 3 is 1.09 bits per heavy atom. The number of rotatable bonds is 4. The Kier molecular flexibility index (Phi) is 6.61. The lowest BCUT2D eigenvalue weighted by Gasteiger charge is -2.23. The summed E-state index contributed by atoms with van der Waals surface area (Å²) in [6.07, 6.45) is 0. The third-order valence-electron chi connectivity index (χ3n) is 11.1. The SMILES string of the molecule is [C-]#[N+]c1ccc(-c2cc(-n3c4ccccc4c4ccccc43)c(-n3c4ccccc4c4ccccc43)cc2-n2c3ccccc3c3ccccc32)c(C#N)c1. The van der Waals surface area contributed by atoms with Crippen molar-refractivity contribution in [3.05, 3.63) is 193 Å². The molecule has 0 fully saturated rings. The zero-order valence-corrected chi connectivity index (χ0v) is 29.5. The van der Waals surface area contributed by atoms with Crippen LogP contribution in [-0.2, 0) is 0 Å². The van der Waals surface area contributed by atoms with Crippen molar-refractivity contribution in [1.82, 2.24) is 13.7 Å². The molecule has 5 nitrogen and oxygen atoms in total. The van der Waals surface area contributed by atoms with Crippen molar-refractivity contribution in [2.45, 2.75) is 0 Å². The van der Waals surface area contributed by atoms with Gasteiger partial charge in [0.15, 0.2) is 5.69 Å². The molecule has 5 heteroatoms. The van der Waals surface area contributed by atoms with Crippen LogP contribution in [0.25, 0.3) is 98.5 Å². The first-order chi connectivity index (χ1) is 27.2. The Morgan fingerprint density at radius 2 is 0.727 bits per heavy atom. The zero-order valence-electron chi connectivity index (χ0n) is 29.5. The van der Waals surface area contributed by atoms with Crippen LogP contribution in [0.15, 0.2) is 176 Å². The minimum atomic E-state index is 0.434. The fourth-order valence-electron chi connectivity index (χ4n) is 8.80. The fourth-order valence-corrected chi connectivity index (χ4v) is 8.80. The number of hydrogen-bond donors (Lipinski definition) is 0. The van der Waals surface area contributed by atoms with Crippen LogP contribution in [0, 0.1) is 17.9 Å². The van der Waals surface area contributed by atoms with Gasteiger partial charge in [0.25, 0.3) is 0 Å². The summed E-state index contributed by atoms with van der Waals surface area (Å²) >= 11 is 0. The third kappa shape index (κ3) is 4.39. The van der Waals surface area contributed by atoms with Crippen LogP contribution < -0.4 is 0 Å². The first-order valence-corrected chi connectivity index (χ1v) is 18.3. The molecule has 0 bridgehead atoms. The van der Waals surface area contributed by atoms with E-state index in [1.807, 2.05) is 12.1 Å². The standard InChI is InChI=1S/C50H29N5/c1-52-33-26-27-34(32(28-33)31-51)41-29-49(54-44-22-10-4-16-37(44)38-17-5-11-23-45(38)54)50(55-46-24-12-6-18-39(46)40-19-7-13-25-47(40)55)30-48(41)53-42-20-8-2-14-35(42)36-15-3-9-21-43(36)53/h2-30H. The second-order valence-electron chi connectivity index (χ2n) is 13.9. The summed E-state index contributed by atoms with van der Waals surface area (Å²) in [6, 6.07) is 64.0. The predicted molar refractivity (Wildman–Crippen MR) is 226 cm³/mol. The van der Waals surface area contributed by atoms with Gasteiger partial charge in [-0.3, -0.25) is 0 Å². The summed E-state index contributed by atoms with van der Waals surface area (Å²) in [6.45, 7) is 7.75. The lowest BCUT2D eigenvalue weighted by molar-refractivity contribution is 1.08. The zero-order chi connectivity index (χ0) is 36.6. The van der Waals surface area contributed by atoms with E-state index < -0.39 is 0 Å². The number of hydrogen-bond acceptors (Lipinski definition) is 1. The van der Waals surface area contributed by atoms with Crippen LogP contribution in [0.2, 0.25) is 0 Å². The Bertz CT molecular complexity index is 3310. The molecule has 3 heterocycles. The number of nitrogens with zero attached hydrogens (tertiary/aromatic N) is 5. The Labute approximate surface area is 316 Å². The second kappa shape index (κ2) is 11.8. The van der Waals surface area contributed by atoms with E-state index in [0.29, 0.717) is 11.3 Å². The molecule has 0 saturated heterocycles. The maximum absolute atomic E-state index is 10.7. The van der Waals surface area contributed by atoms with Crippen molar-refractivity contribution >= 4 is 71.1 Å². The quantitative estimate of drug-likeness (QED) is 0.169. The number of nitriles is 1. The van der Waals surface area contributed by atoms with E-state index in [-0.39, 0.29) is 0 Å². The number of para-hydroxylation sites is 6. The van der Waals surface area contributed by atoms with Gasteiger partial charge in [-0.15, -0.1) is 0 Å². The van der Waals surface area contributed by atoms with Crippen LogP contribution in [-0.4, -0.2) is 13.7 Å².